The zero-order valence-corrected chi connectivity index (χ0v) is 20.5. The molecule has 0 atom stereocenters. The van der Waals surface area contributed by atoms with Gasteiger partial charge in [-0.05, 0) is 67.8 Å². The summed E-state index contributed by atoms with van der Waals surface area (Å²) < 4.78 is 5.67. The first-order valence-corrected chi connectivity index (χ1v) is 11.5. The van der Waals surface area contributed by atoms with E-state index in [0.717, 1.165) is 39.1 Å². The Kier molecular flexibility index (Phi) is 6.08. The van der Waals surface area contributed by atoms with Crippen molar-refractivity contribution >= 4 is 11.6 Å². The Bertz CT molecular complexity index is 1530. The number of aryl methyl sites for hydroxylation is 3. The summed E-state index contributed by atoms with van der Waals surface area (Å²) in [6, 6.07) is 19.6. The van der Waals surface area contributed by atoms with E-state index in [9.17, 15) is 4.79 Å². The number of benzene rings is 3. The minimum Gasteiger partial charge on any atom is -0.496 e. The molecule has 0 fully saturated rings. The van der Waals surface area contributed by atoms with Gasteiger partial charge in [-0.25, -0.2) is 4.98 Å². The van der Waals surface area contributed by atoms with Crippen LogP contribution in [0.1, 0.15) is 27.3 Å². The number of carbonyl (C=O) groups excluding carboxylic acids is 1. The molecule has 8 nitrogen and oxygen atoms in total. The summed E-state index contributed by atoms with van der Waals surface area (Å²) in [4.78, 5) is 21.0. The van der Waals surface area contributed by atoms with E-state index in [0.29, 0.717) is 28.6 Å². The Hall–Kier alpha value is -4.72. The predicted molar refractivity (Wildman–Crippen MR) is 140 cm³/mol. The molecule has 0 aliphatic rings. The largest absolute Gasteiger partial charge is 0.496 e. The molecule has 0 aliphatic heterocycles. The van der Waals surface area contributed by atoms with Crippen LogP contribution >= 0.6 is 0 Å². The van der Waals surface area contributed by atoms with Crippen molar-refractivity contribution in [2.24, 2.45) is 0 Å². The van der Waals surface area contributed by atoms with Crippen molar-refractivity contribution < 1.29 is 9.53 Å². The van der Waals surface area contributed by atoms with Crippen molar-refractivity contribution in [3.8, 4) is 39.5 Å². The maximum atomic E-state index is 13.1. The number of H-pyrrole nitrogens is 2. The molecule has 36 heavy (non-hydrogen) atoms. The molecule has 0 radical (unpaired) electrons. The molecule has 5 aromatic rings. The fourth-order valence-corrected chi connectivity index (χ4v) is 4.40. The molecule has 5 rings (SSSR count). The van der Waals surface area contributed by atoms with E-state index in [1.807, 2.05) is 49.4 Å². The van der Waals surface area contributed by atoms with Gasteiger partial charge < -0.3 is 15.0 Å². The number of anilines is 1. The highest BCUT2D eigenvalue weighted by Gasteiger charge is 2.18. The van der Waals surface area contributed by atoms with Gasteiger partial charge in [-0.3, -0.25) is 9.89 Å². The minimum atomic E-state index is -0.296. The van der Waals surface area contributed by atoms with Gasteiger partial charge in [-0.15, -0.1) is 5.10 Å². The Balaban J connectivity index is 1.46. The second-order valence-electron chi connectivity index (χ2n) is 8.63. The highest BCUT2D eigenvalue weighted by Crippen LogP contribution is 2.37. The molecule has 1 amide bonds. The van der Waals surface area contributed by atoms with E-state index in [4.69, 9.17) is 4.74 Å². The van der Waals surface area contributed by atoms with Gasteiger partial charge in [0, 0.05) is 34.3 Å². The number of aromatic amines is 2. The van der Waals surface area contributed by atoms with Crippen LogP contribution in [0.4, 0.5) is 5.69 Å². The van der Waals surface area contributed by atoms with Crippen molar-refractivity contribution in [2.45, 2.75) is 20.8 Å². The van der Waals surface area contributed by atoms with Gasteiger partial charge in [-0.1, -0.05) is 35.5 Å². The SMILES string of the molecule is COc1ccc(-c2nc(C(=O)Nc3cccc(-c4c[nH]nn4)c3)c(C)[nH]2)cc1-c1c(C)cccc1C. The third kappa shape index (κ3) is 4.36. The standard InChI is InChI=1S/C28H26N6O2/c1-16-7-5-8-17(2)25(16)22-14-20(11-12-24(22)36-4)27-30-18(3)26(32-27)28(35)31-21-10-6-9-19(13-21)23-15-29-34-33-23/h5-15H,1-4H3,(H,30,32)(H,31,35)(H,29,33,34). The number of amides is 1. The normalized spacial score (nSPS) is 10.9. The monoisotopic (exact) mass is 478 g/mol. The second kappa shape index (κ2) is 9.50. The van der Waals surface area contributed by atoms with Crippen LogP contribution in [0.15, 0.2) is 66.9 Å². The fraction of sp³-hybridized carbons (Fsp3) is 0.143. The van der Waals surface area contributed by atoms with Crippen LogP contribution in [0.2, 0.25) is 0 Å². The second-order valence-corrected chi connectivity index (χ2v) is 8.63. The van der Waals surface area contributed by atoms with Gasteiger partial charge >= 0.3 is 0 Å². The molecule has 2 aromatic heterocycles. The van der Waals surface area contributed by atoms with E-state index in [1.165, 1.54) is 0 Å². The molecular weight excluding hydrogens is 452 g/mol. The first kappa shape index (κ1) is 23.0. The quantitative estimate of drug-likeness (QED) is 0.289. The third-order valence-corrected chi connectivity index (χ3v) is 6.16. The van der Waals surface area contributed by atoms with E-state index >= 15 is 0 Å². The first-order chi connectivity index (χ1) is 17.4. The maximum Gasteiger partial charge on any atom is 0.276 e. The lowest BCUT2D eigenvalue weighted by Crippen LogP contribution is -2.13. The summed E-state index contributed by atoms with van der Waals surface area (Å²) in [6.45, 7) is 6.02. The summed E-state index contributed by atoms with van der Waals surface area (Å²) in [5.41, 5.74) is 8.50. The topological polar surface area (TPSA) is 109 Å². The average molecular weight is 479 g/mol. The van der Waals surface area contributed by atoms with Crippen LogP contribution in [0, 0.1) is 20.8 Å². The number of ether oxygens (including phenoxy) is 1. The molecule has 0 unspecified atom stereocenters. The van der Waals surface area contributed by atoms with Gasteiger partial charge in [0.15, 0.2) is 0 Å². The van der Waals surface area contributed by atoms with Crippen molar-refractivity contribution in [2.75, 3.05) is 12.4 Å². The molecule has 0 saturated carbocycles. The highest BCUT2D eigenvalue weighted by atomic mass is 16.5. The zero-order chi connectivity index (χ0) is 25.2. The van der Waals surface area contributed by atoms with Crippen LogP contribution in [0.25, 0.3) is 33.8 Å². The van der Waals surface area contributed by atoms with E-state index < -0.39 is 0 Å². The lowest BCUT2D eigenvalue weighted by Gasteiger charge is -2.15. The van der Waals surface area contributed by atoms with Gasteiger partial charge in [0.2, 0.25) is 0 Å². The number of nitrogens with one attached hydrogen (secondary N) is 3. The molecule has 3 N–H and O–H groups in total. The van der Waals surface area contributed by atoms with Crippen LogP contribution in [0.5, 0.6) is 5.75 Å². The molecule has 0 saturated heterocycles. The Morgan fingerprint density at radius 3 is 2.44 bits per heavy atom. The van der Waals surface area contributed by atoms with Gasteiger partial charge in [0.1, 0.15) is 23.0 Å². The van der Waals surface area contributed by atoms with E-state index in [2.05, 4.69) is 62.7 Å². The molecule has 2 heterocycles. The lowest BCUT2D eigenvalue weighted by molar-refractivity contribution is 0.102. The number of hydrogen-bond donors (Lipinski definition) is 3. The molecule has 0 aliphatic carbocycles. The summed E-state index contributed by atoms with van der Waals surface area (Å²) in [7, 11) is 1.67. The zero-order valence-electron chi connectivity index (χ0n) is 20.5. The summed E-state index contributed by atoms with van der Waals surface area (Å²) >= 11 is 0. The Morgan fingerprint density at radius 1 is 0.944 bits per heavy atom. The van der Waals surface area contributed by atoms with E-state index in [1.54, 1.807) is 13.3 Å². The van der Waals surface area contributed by atoms with E-state index in [-0.39, 0.29) is 5.91 Å². The molecule has 180 valence electrons. The van der Waals surface area contributed by atoms with Crippen molar-refractivity contribution in [3.63, 3.8) is 0 Å². The number of imidazole rings is 1. The number of carbonyl (C=O) groups is 1. The van der Waals surface area contributed by atoms with Gasteiger partial charge in [0.05, 0.1) is 7.11 Å². The minimum absolute atomic E-state index is 0.296. The molecule has 0 spiro atoms. The smallest absolute Gasteiger partial charge is 0.276 e. The van der Waals surface area contributed by atoms with Crippen molar-refractivity contribution in [1.29, 1.82) is 0 Å². The number of rotatable bonds is 6. The third-order valence-electron chi connectivity index (χ3n) is 6.16. The Morgan fingerprint density at radius 2 is 1.72 bits per heavy atom. The maximum absolute atomic E-state index is 13.1. The molecular formula is C28H26N6O2. The fourth-order valence-electron chi connectivity index (χ4n) is 4.40. The average Bonchev–Trinajstić information content (AvgIpc) is 3.54. The molecule has 3 aromatic carbocycles. The van der Waals surface area contributed by atoms with Crippen LogP contribution in [-0.4, -0.2) is 38.4 Å². The lowest BCUT2D eigenvalue weighted by atomic mass is 9.94. The molecule has 0 bridgehead atoms. The van der Waals surface area contributed by atoms with Crippen molar-refractivity contribution in [3.05, 3.63) is 89.4 Å². The summed E-state index contributed by atoms with van der Waals surface area (Å²) in [5, 5.41) is 13.4. The summed E-state index contributed by atoms with van der Waals surface area (Å²) in [5.74, 6) is 1.10. The molecule has 8 heteroatoms. The number of hydrogen-bond acceptors (Lipinski definition) is 5. The van der Waals surface area contributed by atoms with Crippen LogP contribution in [0.3, 0.4) is 0 Å². The van der Waals surface area contributed by atoms with Gasteiger partial charge in [-0.2, -0.15) is 0 Å². The summed E-state index contributed by atoms with van der Waals surface area (Å²) in [6.07, 6.45) is 1.70. The highest BCUT2D eigenvalue weighted by molar-refractivity contribution is 6.04. The van der Waals surface area contributed by atoms with Gasteiger partial charge in [0.25, 0.3) is 5.91 Å². The van der Waals surface area contributed by atoms with Crippen LogP contribution < -0.4 is 10.1 Å². The van der Waals surface area contributed by atoms with Crippen LogP contribution in [-0.2, 0) is 0 Å². The number of nitrogens with zero attached hydrogens (tertiary/aromatic N) is 3. The number of methoxy groups -OCH3 is 1. The Labute approximate surface area is 208 Å². The first-order valence-electron chi connectivity index (χ1n) is 11.5. The number of aromatic nitrogens is 5. The predicted octanol–water partition coefficient (Wildman–Crippen LogP) is 5.71. The van der Waals surface area contributed by atoms with Crippen molar-refractivity contribution in [1.82, 2.24) is 25.4 Å².